The van der Waals surface area contributed by atoms with Gasteiger partial charge in [0.2, 0.25) is 11.7 Å². The SMILES string of the molecule is O=c1[nH]c(=O)n(C2CN3CCC2CC3)c(O)c1F. The molecule has 1 aromatic heterocycles. The van der Waals surface area contributed by atoms with E-state index in [0.29, 0.717) is 6.54 Å². The minimum absolute atomic E-state index is 0.254. The molecule has 1 aromatic rings. The molecule has 1 atom stereocenters. The van der Waals surface area contributed by atoms with Gasteiger partial charge in [-0.3, -0.25) is 14.3 Å². The summed E-state index contributed by atoms with van der Waals surface area (Å²) in [6, 6.07) is -0.258. The second kappa shape index (κ2) is 3.94. The summed E-state index contributed by atoms with van der Waals surface area (Å²) in [4.78, 5) is 26.9. The number of piperidine rings is 3. The van der Waals surface area contributed by atoms with E-state index in [1.54, 1.807) is 0 Å². The summed E-state index contributed by atoms with van der Waals surface area (Å²) in [6.45, 7) is 2.56. The van der Waals surface area contributed by atoms with Crippen LogP contribution in [0, 0.1) is 11.7 Å². The van der Waals surface area contributed by atoms with Crippen molar-refractivity contribution in [3.05, 3.63) is 26.7 Å². The molecule has 1 unspecified atom stereocenters. The smallest absolute Gasteiger partial charge is 0.331 e. The zero-order chi connectivity index (χ0) is 12.9. The third kappa shape index (κ3) is 1.58. The minimum Gasteiger partial charge on any atom is -0.492 e. The number of rotatable bonds is 1. The molecule has 6 nitrogen and oxygen atoms in total. The van der Waals surface area contributed by atoms with Gasteiger partial charge in [-0.15, -0.1) is 0 Å². The van der Waals surface area contributed by atoms with Crippen LogP contribution in [0.25, 0.3) is 0 Å². The molecule has 0 aliphatic carbocycles. The second-order valence-electron chi connectivity index (χ2n) is 4.97. The molecular formula is C11H14FN3O3. The first kappa shape index (κ1) is 11.5. The maximum absolute atomic E-state index is 13.4. The Morgan fingerprint density at radius 3 is 2.50 bits per heavy atom. The number of halogens is 1. The summed E-state index contributed by atoms with van der Waals surface area (Å²) >= 11 is 0. The van der Waals surface area contributed by atoms with Crippen LogP contribution in [0.4, 0.5) is 4.39 Å². The van der Waals surface area contributed by atoms with Gasteiger partial charge in [0.05, 0.1) is 6.04 Å². The largest absolute Gasteiger partial charge is 0.492 e. The van der Waals surface area contributed by atoms with Gasteiger partial charge in [-0.05, 0) is 31.8 Å². The predicted molar refractivity (Wildman–Crippen MR) is 61.1 cm³/mol. The van der Waals surface area contributed by atoms with E-state index in [1.807, 2.05) is 4.98 Å². The van der Waals surface area contributed by atoms with E-state index in [4.69, 9.17) is 0 Å². The zero-order valence-corrected chi connectivity index (χ0v) is 9.73. The van der Waals surface area contributed by atoms with Gasteiger partial charge < -0.3 is 10.0 Å². The quantitative estimate of drug-likeness (QED) is 0.719. The molecule has 0 spiro atoms. The first-order valence-corrected chi connectivity index (χ1v) is 6.03. The molecule has 7 heteroatoms. The number of H-pyrrole nitrogens is 1. The molecule has 3 saturated heterocycles. The number of fused-ring (bicyclic) bond motifs is 3. The van der Waals surface area contributed by atoms with Crippen molar-refractivity contribution in [1.29, 1.82) is 0 Å². The number of aromatic hydroxyl groups is 1. The molecule has 4 rings (SSSR count). The van der Waals surface area contributed by atoms with Crippen LogP contribution in [0.3, 0.4) is 0 Å². The first-order chi connectivity index (χ1) is 8.58. The van der Waals surface area contributed by atoms with Crippen LogP contribution in [0.2, 0.25) is 0 Å². The van der Waals surface area contributed by atoms with Crippen LogP contribution in [0.15, 0.2) is 9.59 Å². The number of aromatic nitrogens is 2. The Labute approximate surface area is 102 Å². The Bertz CT molecular complexity index is 586. The lowest BCUT2D eigenvalue weighted by Crippen LogP contribution is -2.51. The molecule has 4 heterocycles. The summed E-state index contributed by atoms with van der Waals surface area (Å²) in [5, 5.41) is 9.69. The summed E-state index contributed by atoms with van der Waals surface area (Å²) < 4.78 is 14.4. The van der Waals surface area contributed by atoms with Crippen molar-refractivity contribution in [1.82, 2.24) is 14.5 Å². The van der Waals surface area contributed by atoms with Gasteiger partial charge in [0.1, 0.15) is 0 Å². The van der Waals surface area contributed by atoms with E-state index in [9.17, 15) is 19.1 Å². The maximum Gasteiger partial charge on any atom is 0.331 e. The van der Waals surface area contributed by atoms with Crippen LogP contribution in [-0.2, 0) is 0 Å². The van der Waals surface area contributed by atoms with Gasteiger partial charge in [0, 0.05) is 6.54 Å². The highest BCUT2D eigenvalue weighted by molar-refractivity contribution is 5.12. The van der Waals surface area contributed by atoms with E-state index < -0.39 is 22.9 Å². The normalized spacial score (nSPS) is 30.6. The van der Waals surface area contributed by atoms with Crippen LogP contribution in [0.1, 0.15) is 18.9 Å². The predicted octanol–water partition coefficient (Wildman–Crippen LogP) is -0.352. The Morgan fingerprint density at radius 1 is 1.28 bits per heavy atom. The Hall–Kier alpha value is -1.63. The molecule has 3 aliphatic rings. The lowest BCUT2D eigenvalue weighted by Gasteiger charge is -2.45. The summed E-state index contributed by atoms with van der Waals surface area (Å²) in [7, 11) is 0. The third-order valence-corrected chi connectivity index (χ3v) is 4.02. The van der Waals surface area contributed by atoms with Crippen LogP contribution in [0.5, 0.6) is 5.88 Å². The van der Waals surface area contributed by atoms with Crippen molar-refractivity contribution in [2.45, 2.75) is 18.9 Å². The fourth-order valence-electron chi connectivity index (χ4n) is 3.05. The van der Waals surface area contributed by atoms with Crippen molar-refractivity contribution in [3.63, 3.8) is 0 Å². The summed E-state index contributed by atoms with van der Waals surface area (Å²) in [5.41, 5.74) is -1.91. The number of hydrogen-bond donors (Lipinski definition) is 2. The fourth-order valence-corrected chi connectivity index (χ4v) is 3.05. The molecule has 0 aromatic carbocycles. The standard InChI is InChI=1S/C11H14FN3O3/c12-8-9(16)13-11(18)15(10(8)17)7-5-14-3-1-6(7)2-4-14/h6-7,17H,1-5H2,(H,13,16,18). The third-order valence-electron chi connectivity index (χ3n) is 4.02. The molecule has 2 N–H and O–H groups in total. The monoisotopic (exact) mass is 255 g/mol. The summed E-state index contributed by atoms with van der Waals surface area (Å²) in [6.07, 6.45) is 1.86. The lowest BCUT2D eigenvalue weighted by molar-refractivity contribution is 0.0499. The van der Waals surface area contributed by atoms with Gasteiger partial charge in [0.15, 0.2) is 0 Å². The van der Waals surface area contributed by atoms with Crippen LogP contribution in [-0.4, -0.2) is 39.2 Å². The molecule has 3 aliphatic heterocycles. The average molecular weight is 255 g/mol. The number of nitrogens with one attached hydrogen (secondary N) is 1. The van der Waals surface area contributed by atoms with Crippen LogP contribution < -0.4 is 11.2 Å². The van der Waals surface area contributed by atoms with Gasteiger partial charge in [-0.25, -0.2) is 4.79 Å². The van der Waals surface area contributed by atoms with E-state index >= 15 is 0 Å². The van der Waals surface area contributed by atoms with E-state index in [-0.39, 0.29) is 12.0 Å². The van der Waals surface area contributed by atoms with Crippen molar-refractivity contribution in [2.75, 3.05) is 19.6 Å². The highest BCUT2D eigenvalue weighted by atomic mass is 19.1. The lowest BCUT2D eigenvalue weighted by atomic mass is 9.84. The highest BCUT2D eigenvalue weighted by Gasteiger charge is 2.37. The van der Waals surface area contributed by atoms with E-state index in [2.05, 4.69) is 4.90 Å². The number of aromatic amines is 1. The van der Waals surface area contributed by atoms with Crippen molar-refractivity contribution in [2.24, 2.45) is 5.92 Å². The Kier molecular flexibility index (Phi) is 2.51. The van der Waals surface area contributed by atoms with Gasteiger partial charge >= 0.3 is 5.69 Å². The number of nitrogens with zero attached hydrogens (tertiary/aromatic N) is 2. The maximum atomic E-state index is 13.4. The minimum atomic E-state index is -1.29. The second-order valence-corrected chi connectivity index (χ2v) is 4.97. The Morgan fingerprint density at radius 2 is 1.94 bits per heavy atom. The number of hydrogen-bond acceptors (Lipinski definition) is 4. The molecule has 0 saturated carbocycles. The van der Waals surface area contributed by atoms with Gasteiger partial charge in [-0.2, -0.15) is 4.39 Å². The topological polar surface area (TPSA) is 78.3 Å². The van der Waals surface area contributed by atoms with E-state index in [1.165, 1.54) is 0 Å². The van der Waals surface area contributed by atoms with E-state index in [0.717, 1.165) is 30.5 Å². The summed E-state index contributed by atoms with van der Waals surface area (Å²) in [5.74, 6) is -1.88. The molecule has 18 heavy (non-hydrogen) atoms. The molecule has 98 valence electrons. The fraction of sp³-hybridized carbons (Fsp3) is 0.636. The van der Waals surface area contributed by atoms with Crippen molar-refractivity contribution < 1.29 is 9.50 Å². The van der Waals surface area contributed by atoms with Crippen molar-refractivity contribution >= 4 is 0 Å². The van der Waals surface area contributed by atoms with Crippen LogP contribution >= 0.6 is 0 Å². The van der Waals surface area contributed by atoms with Gasteiger partial charge in [0.25, 0.3) is 5.56 Å². The molecule has 2 bridgehead atoms. The zero-order valence-electron chi connectivity index (χ0n) is 9.73. The molecular weight excluding hydrogens is 241 g/mol. The average Bonchev–Trinajstić information content (AvgIpc) is 2.38. The molecule has 0 amide bonds. The van der Waals surface area contributed by atoms with Gasteiger partial charge in [-0.1, -0.05) is 0 Å². The first-order valence-electron chi connectivity index (χ1n) is 6.03. The Balaban J connectivity index is 2.10. The molecule has 0 radical (unpaired) electrons. The molecule has 3 fully saturated rings. The van der Waals surface area contributed by atoms with Crippen molar-refractivity contribution in [3.8, 4) is 5.88 Å². The highest BCUT2D eigenvalue weighted by Crippen LogP contribution is 2.36.